The van der Waals surface area contributed by atoms with Gasteiger partial charge in [0.05, 0.1) is 18.1 Å². The molecule has 1 unspecified atom stereocenters. The maximum atomic E-state index is 11.6. The average molecular weight is 274 g/mol. The second-order valence-corrected chi connectivity index (χ2v) is 4.84. The van der Waals surface area contributed by atoms with Crippen molar-refractivity contribution in [2.24, 2.45) is 5.92 Å². The van der Waals surface area contributed by atoms with Crippen molar-refractivity contribution in [3.8, 4) is 0 Å². The second kappa shape index (κ2) is 6.37. The van der Waals surface area contributed by atoms with Crippen molar-refractivity contribution in [3.63, 3.8) is 0 Å². The minimum atomic E-state index is -0.920. The van der Waals surface area contributed by atoms with Crippen molar-refractivity contribution in [2.75, 3.05) is 6.61 Å². The zero-order chi connectivity index (χ0) is 14.5. The van der Waals surface area contributed by atoms with Gasteiger partial charge in [-0.1, -0.05) is 18.2 Å². The summed E-state index contributed by atoms with van der Waals surface area (Å²) in [6, 6.07) is 6.85. The van der Waals surface area contributed by atoms with Crippen LogP contribution in [0.5, 0.6) is 0 Å². The summed E-state index contributed by atoms with van der Waals surface area (Å²) in [7, 11) is 0. The van der Waals surface area contributed by atoms with Gasteiger partial charge < -0.3 is 9.84 Å². The van der Waals surface area contributed by atoms with Crippen molar-refractivity contribution in [1.82, 2.24) is 0 Å². The lowest BCUT2D eigenvalue weighted by molar-refractivity contribution is -0.148. The van der Waals surface area contributed by atoms with Crippen LogP contribution in [-0.4, -0.2) is 23.7 Å². The molecule has 1 atom stereocenters. The molecule has 1 aliphatic carbocycles. The summed E-state index contributed by atoms with van der Waals surface area (Å²) in [5.74, 6) is -1.09. The fraction of sp³-hybridized carbons (Fsp3) is 0.375. The van der Waals surface area contributed by atoms with E-state index in [0.717, 1.165) is 18.4 Å². The molecule has 106 valence electrons. The first-order valence-corrected chi connectivity index (χ1v) is 6.81. The Bertz CT molecular complexity index is 528. The molecular formula is C16H18O4. The molecule has 4 nitrogen and oxygen atoms in total. The lowest BCUT2D eigenvalue weighted by atomic mass is 9.86. The number of aromatic carboxylic acids is 1. The van der Waals surface area contributed by atoms with E-state index in [0.29, 0.717) is 13.0 Å². The zero-order valence-electron chi connectivity index (χ0n) is 11.5. The molecule has 0 saturated carbocycles. The number of carboxylic acids is 1. The first kappa shape index (κ1) is 14.3. The van der Waals surface area contributed by atoms with E-state index < -0.39 is 5.97 Å². The molecule has 0 heterocycles. The third kappa shape index (κ3) is 3.26. The Kier molecular flexibility index (Phi) is 4.56. The summed E-state index contributed by atoms with van der Waals surface area (Å²) < 4.78 is 5.03. The molecule has 1 aromatic carbocycles. The first-order chi connectivity index (χ1) is 9.61. The summed E-state index contributed by atoms with van der Waals surface area (Å²) in [4.78, 5) is 22.4. The maximum Gasteiger partial charge on any atom is 0.335 e. The highest BCUT2D eigenvalue weighted by Crippen LogP contribution is 2.30. The predicted molar refractivity (Wildman–Crippen MR) is 75.4 cm³/mol. The number of benzene rings is 1. The van der Waals surface area contributed by atoms with Crippen LogP contribution < -0.4 is 0 Å². The Morgan fingerprint density at radius 1 is 1.30 bits per heavy atom. The van der Waals surface area contributed by atoms with E-state index in [-0.39, 0.29) is 17.5 Å². The van der Waals surface area contributed by atoms with Gasteiger partial charge in [-0.15, -0.1) is 0 Å². The van der Waals surface area contributed by atoms with E-state index in [1.807, 2.05) is 19.1 Å². The number of rotatable bonds is 4. The average Bonchev–Trinajstić information content (AvgIpc) is 2.48. The van der Waals surface area contributed by atoms with Gasteiger partial charge >= 0.3 is 11.9 Å². The van der Waals surface area contributed by atoms with Gasteiger partial charge in [0, 0.05) is 0 Å². The van der Waals surface area contributed by atoms with Crippen LogP contribution >= 0.6 is 0 Å². The lowest BCUT2D eigenvalue weighted by Gasteiger charge is -2.20. The number of ether oxygens (including phenoxy) is 1. The SMILES string of the molecule is CCOC(=O)C1CC=C(c2ccc(C(=O)O)cc2)CC1. The van der Waals surface area contributed by atoms with E-state index in [2.05, 4.69) is 6.08 Å². The normalized spacial score (nSPS) is 18.2. The van der Waals surface area contributed by atoms with Crippen molar-refractivity contribution in [2.45, 2.75) is 26.2 Å². The van der Waals surface area contributed by atoms with Crippen molar-refractivity contribution >= 4 is 17.5 Å². The van der Waals surface area contributed by atoms with E-state index >= 15 is 0 Å². The van der Waals surface area contributed by atoms with Gasteiger partial charge in [0.15, 0.2) is 0 Å². The second-order valence-electron chi connectivity index (χ2n) is 4.84. The van der Waals surface area contributed by atoms with Crippen molar-refractivity contribution < 1.29 is 19.4 Å². The molecule has 0 aromatic heterocycles. The molecule has 0 saturated heterocycles. The monoisotopic (exact) mass is 274 g/mol. The van der Waals surface area contributed by atoms with Crippen LogP contribution in [0.1, 0.15) is 42.1 Å². The minimum Gasteiger partial charge on any atom is -0.478 e. The number of hydrogen-bond acceptors (Lipinski definition) is 3. The van der Waals surface area contributed by atoms with Crippen molar-refractivity contribution in [3.05, 3.63) is 41.5 Å². The highest BCUT2D eigenvalue weighted by molar-refractivity contribution is 5.88. The topological polar surface area (TPSA) is 63.6 Å². The first-order valence-electron chi connectivity index (χ1n) is 6.81. The summed E-state index contributed by atoms with van der Waals surface area (Å²) in [6.45, 7) is 2.23. The molecule has 0 spiro atoms. The van der Waals surface area contributed by atoms with Gasteiger partial charge in [-0.25, -0.2) is 4.79 Å². The number of carboxylic acid groups (broad SMARTS) is 1. The van der Waals surface area contributed by atoms with Gasteiger partial charge in [-0.3, -0.25) is 4.79 Å². The molecule has 1 aliphatic rings. The van der Waals surface area contributed by atoms with E-state index in [1.165, 1.54) is 5.57 Å². The quantitative estimate of drug-likeness (QED) is 0.857. The number of esters is 1. The van der Waals surface area contributed by atoms with Crippen LogP contribution in [0.4, 0.5) is 0 Å². The Labute approximate surface area is 118 Å². The highest BCUT2D eigenvalue weighted by Gasteiger charge is 2.23. The summed E-state index contributed by atoms with van der Waals surface area (Å²) in [5, 5.41) is 8.87. The van der Waals surface area contributed by atoms with Gasteiger partial charge in [0.2, 0.25) is 0 Å². The molecule has 0 bridgehead atoms. The van der Waals surface area contributed by atoms with E-state index in [9.17, 15) is 9.59 Å². The smallest absolute Gasteiger partial charge is 0.335 e. The molecule has 1 N–H and O–H groups in total. The number of carbonyl (C=O) groups excluding carboxylic acids is 1. The Morgan fingerprint density at radius 3 is 2.50 bits per heavy atom. The summed E-state index contributed by atoms with van der Waals surface area (Å²) >= 11 is 0. The van der Waals surface area contributed by atoms with E-state index in [1.54, 1.807) is 12.1 Å². The van der Waals surface area contributed by atoms with Crippen LogP contribution in [0.2, 0.25) is 0 Å². The molecule has 20 heavy (non-hydrogen) atoms. The van der Waals surface area contributed by atoms with Crippen LogP contribution in [0.3, 0.4) is 0 Å². The predicted octanol–water partition coefficient (Wildman–Crippen LogP) is 3.13. The lowest BCUT2D eigenvalue weighted by Crippen LogP contribution is -2.19. The van der Waals surface area contributed by atoms with E-state index in [4.69, 9.17) is 9.84 Å². The molecule has 4 heteroatoms. The molecule has 0 amide bonds. The van der Waals surface area contributed by atoms with Crippen molar-refractivity contribution in [1.29, 1.82) is 0 Å². The van der Waals surface area contributed by atoms with Crippen LogP contribution in [0.25, 0.3) is 5.57 Å². The molecule has 2 rings (SSSR count). The third-order valence-corrected chi connectivity index (χ3v) is 3.53. The molecule has 0 fully saturated rings. The molecule has 0 aliphatic heterocycles. The van der Waals surface area contributed by atoms with Crippen LogP contribution in [-0.2, 0) is 9.53 Å². The van der Waals surface area contributed by atoms with Gasteiger partial charge in [0.1, 0.15) is 0 Å². The summed E-state index contributed by atoms with van der Waals surface area (Å²) in [6.07, 6.45) is 4.34. The third-order valence-electron chi connectivity index (χ3n) is 3.53. The van der Waals surface area contributed by atoms with Gasteiger partial charge in [-0.2, -0.15) is 0 Å². The molecule has 1 aromatic rings. The van der Waals surface area contributed by atoms with Crippen LogP contribution in [0.15, 0.2) is 30.3 Å². The summed E-state index contributed by atoms with van der Waals surface area (Å²) in [5.41, 5.74) is 2.48. The standard InChI is InChI=1S/C16H18O4/c1-2-20-16(19)14-9-5-12(6-10-14)11-3-7-13(8-4-11)15(17)18/h3-5,7-8,14H,2,6,9-10H2,1H3,(H,17,18). The Morgan fingerprint density at radius 2 is 2.00 bits per heavy atom. The maximum absolute atomic E-state index is 11.6. The fourth-order valence-corrected chi connectivity index (χ4v) is 2.40. The van der Waals surface area contributed by atoms with Crippen LogP contribution in [0, 0.1) is 5.92 Å². The molecular weight excluding hydrogens is 256 g/mol. The number of allylic oxidation sites excluding steroid dienone is 2. The number of carbonyl (C=O) groups is 2. The Hall–Kier alpha value is -2.10. The van der Waals surface area contributed by atoms with Gasteiger partial charge in [0.25, 0.3) is 0 Å². The number of hydrogen-bond donors (Lipinski definition) is 1. The largest absolute Gasteiger partial charge is 0.478 e. The Balaban J connectivity index is 2.04. The zero-order valence-corrected chi connectivity index (χ0v) is 11.5. The highest BCUT2D eigenvalue weighted by atomic mass is 16.5. The molecule has 0 radical (unpaired) electrons. The fourth-order valence-electron chi connectivity index (χ4n) is 2.40. The van der Waals surface area contributed by atoms with Gasteiger partial charge in [-0.05, 0) is 49.5 Å². The minimum absolute atomic E-state index is 0.0445.